The van der Waals surface area contributed by atoms with Crippen molar-refractivity contribution in [2.75, 3.05) is 0 Å². The second kappa shape index (κ2) is 5.47. The molecule has 0 radical (unpaired) electrons. The number of carbonyl (C=O) groups is 1. The zero-order valence-electron chi connectivity index (χ0n) is 9.05. The molecule has 1 aromatic rings. The van der Waals surface area contributed by atoms with Crippen LogP contribution in [0.3, 0.4) is 0 Å². The van der Waals surface area contributed by atoms with Crippen LogP contribution in [0.1, 0.15) is 29.6 Å². The molecule has 2 rings (SSSR count). The van der Waals surface area contributed by atoms with Crippen LogP contribution in [0.5, 0.6) is 0 Å². The fourth-order valence-electron chi connectivity index (χ4n) is 2.01. The maximum Gasteiger partial charge on any atom is 0.251 e. The zero-order valence-corrected chi connectivity index (χ0v) is 11.3. The van der Waals surface area contributed by atoms with Crippen molar-refractivity contribution >= 4 is 40.7 Å². The van der Waals surface area contributed by atoms with E-state index in [2.05, 4.69) is 5.32 Å². The summed E-state index contributed by atoms with van der Waals surface area (Å²) in [6.45, 7) is 0. The molecule has 2 atom stereocenters. The Bertz CT molecular complexity index is 416. The van der Waals surface area contributed by atoms with Gasteiger partial charge >= 0.3 is 0 Å². The number of hydrogen-bond acceptors (Lipinski definition) is 1. The third-order valence-corrected chi connectivity index (χ3v) is 3.83. The fraction of sp³-hybridized carbons (Fsp3) is 0.417. The highest BCUT2D eigenvalue weighted by Crippen LogP contribution is 2.25. The smallest absolute Gasteiger partial charge is 0.251 e. The van der Waals surface area contributed by atoms with Crippen molar-refractivity contribution in [1.29, 1.82) is 0 Å². The molecule has 1 aliphatic carbocycles. The van der Waals surface area contributed by atoms with Gasteiger partial charge in [-0.15, -0.1) is 11.6 Å². The molecule has 92 valence electrons. The standard InChI is InChI=1S/C12H12Cl3NO/c13-8-4-7(5-9(14)6-8)12(17)16-11-3-1-2-10(11)15/h4-6,10-11H,1-3H2,(H,16,17). The Balaban J connectivity index is 2.09. The van der Waals surface area contributed by atoms with Crippen LogP contribution in [0.15, 0.2) is 18.2 Å². The summed E-state index contributed by atoms with van der Waals surface area (Å²) < 4.78 is 0. The number of halogens is 3. The number of amides is 1. The summed E-state index contributed by atoms with van der Waals surface area (Å²) in [5.74, 6) is -0.174. The first-order chi connectivity index (χ1) is 8.06. The van der Waals surface area contributed by atoms with Crippen LogP contribution in [-0.2, 0) is 0 Å². The number of hydrogen-bond donors (Lipinski definition) is 1. The Hall–Kier alpha value is -0.440. The van der Waals surface area contributed by atoms with Crippen molar-refractivity contribution in [3.8, 4) is 0 Å². The topological polar surface area (TPSA) is 29.1 Å². The van der Waals surface area contributed by atoms with E-state index in [9.17, 15) is 4.79 Å². The van der Waals surface area contributed by atoms with E-state index < -0.39 is 0 Å². The molecule has 0 aromatic heterocycles. The van der Waals surface area contributed by atoms with E-state index in [0.717, 1.165) is 19.3 Å². The molecule has 0 saturated heterocycles. The average molecular weight is 293 g/mol. The molecule has 17 heavy (non-hydrogen) atoms. The Morgan fingerprint density at radius 2 is 1.82 bits per heavy atom. The van der Waals surface area contributed by atoms with Gasteiger partial charge in [-0.3, -0.25) is 4.79 Å². The molecule has 5 heteroatoms. The summed E-state index contributed by atoms with van der Waals surface area (Å²) in [6.07, 6.45) is 2.92. The van der Waals surface area contributed by atoms with Gasteiger partial charge in [0.15, 0.2) is 0 Å². The highest BCUT2D eigenvalue weighted by molar-refractivity contribution is 6.35. The lowest BCUT2D eigenvalue weighted by Crippen LogP contribution is -2.37. The first kappa shape index (κ1) is 13.0. The lowest BCUT2D eigenvalue weighted by molar-refractivity contribution is 0.0938. The maximum atomic E-state index is 12.0. The number of benzene rings is 1. The van der Waals surface area contributed by atoms with Gasteiger partial charge in [0.05, 0.1) is 5.38 Å². The fourth-order valence-corrected chi connectivity index (χ4v) is 2.88. The van der Waals surface area contributed by atoms with Gasteiger partial charge in [0, 0.05) is 21.7 Å². The van der Waals surface area contributed by atoms with E-state index in [-0.39, 0.29) is 17.3 Å². The van der Waals surface area contributed by atoms with Crippen molar-refractivity contribution in [1.82, 2.24) is 5.32 Å². The number of alkyl halides is 1. The van der Waals surface area contributed by atoms with E-state index in [1.54, 1.807) is 18.2 Å². The Labute approximate surface area is 115 Å². The second-order valence-electron chi connectivity index (χ2n) is 4.18. The molecule has 2 nitrogen and oxygen atoms in total. The first-order valence-electron chi connectivity index (χ1n) is 5.47. The molecule has 0 spiro atoms. The molecular formula is C12H12Cl3NO. The van der Waals surface area contributed by atoms with Crippen molar-refractivity contribution in [2.24, 2.45) is 0 Å². The third kappa shape index (κ3) is 3.27. The lowest BCUT2D eigenvalue weighted by atomic mass is 10.2. The highest BCUT2D eigenvalue weighted by Gasteiger charge is 2.26. The molecule has 0 bridgehead atoms. The van der Waals surface area contributed by atoms with Gasteiger partial charge in [0.1, 0.15) is 0 Å². The summed E-state index contributed by atoms with van der Waals surface area (Å²) in [6, 6.07) is 4.84. The molecule has 1 fully saturated rings. The van der Waals surface area contributed by atoms with E-state index in [1.807, 2.05) is 0 Å². The molecule has 1 N–H and O–H groups in total. The summed E-state index contributed by atoms with van der Waals surface area (Å²) >= 11 is 17.8. The molecule has 0 aliphatic heterocycles. The molecule has 0 heterocycles. The average Bonchev–Trinajstić information content (AvgIpc) is 2.63. The molecule has 2 unspecified atom stereocenters. The van der Waals surface area contributed by atoms with Gasteiger partial charge in [-0.25, -0.2) is 0 Å². The van der Waals surface area contributed by atoms with Crippen molar-refractivity contribution in [3.05, 3.63) is 33.8 Å². The Kier molecular flexibility index (Phi) is 4.18. The van der Waals surface area contributed by atoms with Crippen LogP contribution in [0, 0.1) is 0 Å². The van der Waals surface area contributed by atoms with Crippen molar-refractivity contribution in [3.63, 3.8) is 0 Å². The SMILES string of the molecule is O=C(NC1CCCC1Cl)c1cc(Cl)cc(Cl)c1. The largest absolute Gasteiger partial charge is 0.348 e. The zero-order chi connectivity index (χ0) is 12.4. The summed E-state index contributed by atoms with van der Waals surface area (Å²) in [4.78, 5) is 12.0. The minimum absolute atomic E-state index is 0.0219. The van der Waals surface area contributed by atoms with Crippen LogP contribution in [0.25, 0.3) is 0 Å². The number of carbonyl (C=O) groups excluding carboxylic acids is 1. The van der Waals surface area contributed by atoms with E-state index in [4.69, 9.17) is 34.8 Å². The van der Waals surface area contributed by atoms with Gasteiger partial charge in [0.25, 0.3) is 5.91 Å². The Morgan fingerprint density at radius 1 is 1.18 bits per heavy atom. The minimum atomic E-state index is -0.174. The predicted octanol–water partition coefficient (Wildman–Crippen LogP) is 3.88. The van der Waals surface area contributed by atoms with Crippen LogP contribution >= 0.6 is 34.8 Å². The van der Waals surface area contributed by atoms with E-state index in [1.165, 1.54) is 0 Å². The summed E-state index contributed by atoms with van der Waals surface area (Å²) in [7, 11) is 0. The minimum Gasteiger partial charge on any atom is -0.348 e. The molecule has 1 aliphatic rings. The molecule has 1 aromatic carbocycles. The van der Waals surface area contributed by atoms with Crippen molar-refractivity contribution < 1.29 is 4.79 Å². The quantitative estimate of drug-likeness (QED) is 0.823. The van der Waals surface area contributed by atoms with Crippen LogP contribution in [0.4, 0.5) is 0 Å². The molecule has 1 amide bonds. The van der Waals surface area contributed by atoms with Gasteiger partial charge < -0.3 is 5.32 Å². The third-order valence-electron chi connectivity index (χ3n) is 2.87. The molecule has 1 saturated carbocycles. The van der Waals surface area contributed by atoms with Crippen LogP contribution in [0.2, 0.25) is 10.0 Å². The summed E-state index contributed by atoms with van der Waals surface area (Å²) in [5, 5.41) is 3.84. The van der Waals surface area contributed by atoms with Gasteiger partial charge in [-0.2, -0.15) is 0 Å². The molecular weight excluding hydrogens is 280 g/mol. The lowest BCUT2D eigenvalue weighted by Gasteiger charge is -2.16. The van der Waals surface area contributed by atoms with Gasteiger partial charge in [-0.05, 0) is 37.5 Å². The highest BCUT2D eigenvalue weighted by atomic mass is 35.5. The second-order valence-corrected chi connectivity index (χ2v) is 5.62. The van der Waals surface area contributed by atoms with Crippen LogP contribution in [-0.4, -0.2) is 17.3 Å². The summed E-state index contributed by atoms with van der Waals surface area (Å²) in [5.41, 5.74) is 0.471. The van der Waals surface area contributed by atoms with Crippen LogP contribution < -0.4 is 5.32 Å². The Morgan fingerprint density at radius 3 is 2.35 bits per heavy atom. The van der Waals surface area contributed by atoms with E-state index >= 15 is 0 Å². The number of nitrogens with one attached hydrogen (secondary N) is 1. The normalized spacial score (nSPS) is 23.7. The monoisotopic (exact) mass is 291 g/mol. The predicted molar refractivity (Wildman–Crippen MR) is 71.2 cm³/mol. The number of rotatable bonds is 2. The van der Waals surface area contributed by atoms with Gasteiger partial charge in [-0.1, -0.05) is 23.2 Å². The van der Waals surface area contributed by atoms with E-state index in [0.29, 0.717) is 15.6 Å². The first-order valence-corrected chi connectivity index (χ1v) is 6.66. The van der Waals surface area contributed by atoms with Gasteiger partial charge in [0.2, 0.25) is 0 Å². The van der Waals surface area contributed by atoms with Crippen molar-refractivity contribution in [2.45, 2.75) is 30.7 Å². The maximum absolute atomic E-state index is 12.0.